The van der Waals surface area contributed by atoms with Crippen LogP contribution in [0.4, 0.5) is 10.5 Å². The summed E-state index contributed by atoms with van der Waals surface area (Å²) < 4.78 is 0. The number of carbonyl (C=O) groups excluding carboxylic acids is 1. The molecular formula is C14H24N4O. The van der Waals surface area contributed by atoms with E-state index in [1.54, 1.807) is 0 Å². The summed E-state index contributed by atoms with van der Waals surface area (Å²) in [6, 6.07) is 6.01. The molecular weight excluding hydrogens is 240 g/mol. The molecule has 5 heteroatoms. The van der Waals surface area contributed by atoms with Crippen LogP contribution in [0.5, 0.6) is 0 Å². The van der Waals surface area contributed by atoms with E-state index in [2.05, 4.69) is 29.7 Å². The van der Waals surface area contributed by atoms with Crippen LogP contribution >= 0.6 is 0 Å². The molecule has 1 atom stereocenters. The van der Waals surface area contributed by atoms with Crippen LogP contribution in [0.15, 0.2) is 18.2 Å². The van der Waals surface area contributed by atoms with Gasteiger partial charge in [-0.2, -0.15) is 0 Å². The van der Waals surface area contributed by atoms with Crippen molar-refractivity contribution in [3.63, 3.8) is 0 Å². The zero-order chi connectivity index (χ0) is 14.3. The number of nitrogen functional groups attached to an aromatic ring is 1. The van der Waals surface area contributed by atoms with Crippen molar-refractivity contribution in [3.05, 3.63) is 29.3 Å². The van der Waals surface area contributed by atoms with Gasteiger partial charge in [0.1, 0.15) is 0 Å². The zero-order valence-electron chi connectivity index (χ0n) is 11.7. The maximum atomic E-state index is 10.5. The summed E-state index contributed by atoms with van der Waals surface area (Å²) in [5.41, 5.74) is 14.0. The van der Waals surface area contributed by atoms with E-state index in [0.717, 1.165) is 30.6 Å². The molecule has 0 saturated carbocycles. The summed E-state index contributed by atoms with van der Waals surface area (Å²) in [6.07, 6.45) is 1.83. The number of benzene rings is 1. The van der Waals surface area contributed by atoms with Crippen molar-refractivity contribution in [2.75, 3.05) is 18.8 Å². The highest BCUT2D eigenvalue weighted by atomic mass is 16.2. The Morgan fingerprint density at radius 2 is 2.11 bits per heavy atom. The van der Waals surface area contributed by atoms with E-state index in [1.807, 2.05) is 13.0 Å². The Labute approximate surface area is 114 Å². The zero-order valence-corrected chi connectivity index (χ0v) is 11.7. The molecule has 0 aliphatic heterocycles. The van der Waals surface area contributed by atoms with Gasteiger partial charge in [-0.25, -0.2) is 4.79 Å². The number of nitrogens with two attached hydrogens (primary N) is 2. The van der Waals surface area contributed by atoms with Crippen LogP contribution in [0.3, 0.4) is 0 Å². The van der Waals surface area contributed by atoms with Crippen molar-refractivity contribution in [1.29, 1.82) is 0 Å². The topological polar surface area (TPSA) is 93.2 Å². The normalized spacial score (nSPS) is 12.1. The third kappa shape index (κ3) is 6.10. The first-order valence-corrected chi connectivity index (χ1v) is 6.60. The lowest BCUT2D eigenvalue weighted by molar-refractivity contribution is 0.248. The molecule has 1 aromatic carbocycles. The van der Waals surface area contributed by atoms with Gasteiger partial charge in [-0.1, -0.05) is 12.1 Å². The monoisotopic (exact) mass is 264 g/mol. The average molecular weight is 264 g/mol. The van der Waals surface area contributed by atoms with Crippen LogP contribution in [0, 0.1) is 6.92 Å². The summed E-state index contributed by atoms with van der Waals surface area (Å²) in [5.74, 6) is 0. The Kier molecular flexibility index (Phi) is 6.15. The molecule has 106 valence electrons. The van der Waals surface area contributed by atoms with Gasteiger partial charge in [0.15, 0.2) is 0 Å². The lowest BCUT2D eigenvalue weighted by Gasteiger charge is -2.14. The largest absolute Gasteiger partial charge is 0.399 e. The maximum absolute atomic E-state index is 10.5. The van der Waals surface area contributed by atoms with Crippen molar-refractivity contribution < 1.29 is 4.79 Å². The van der Waals surface area contributed by atoms with Crippen molar-refractivity contribution in [2.24, 2.45) is 5.73 Å². The summed E-state index contributed by atoms with van der Waals surface area (Å²) in [6.45, 7) is 5.62. The first kappa shape index (κ1) is 15.3. The molecule has 0 heterocycles. The van der Waals surface area contributed by atoms with E-state index in [9.17, 15) is 4.79 Å². The molecule has 0 aliphatic carbocycles. The first-order valence-electron chi connectivity index (χ1n) is 6.60. The highest BCUT2D eigenvalue weighted by Gasteiger charge is 2.02. The van der Waals surface area contributed by atoms with Crippen LogP contribution in [0.2, 0.25) is 0 Å². The smallest absolute Gasteiger partial charge is 0.312 e. The van der Waals surface area contributed by atoms with Gasteiger partial charge in [0, 0.05) is 18.3 Å². The number of nitrogens with one attached hydrogen (secondary N) is 2. The lowest BCUT2D eigenvalue weighted by atomic mass is 10.1. The van der Waals surface area contributed by atoms with Gasteiger partial charge in [-0.3, -0.25) is 0 Å². The molecule has 0 aromatic heterocycles. The fourth-order valence-corrected chi connectivity index (χ4v) is 1.87. The molecule has 5 nitrogen and oxygen atoms in total. The number of carbonyl (C=O) groups is 1. The van der Waals surface area contributed by atoms with Crippen LogP contribution in [0.1, 0.15) is 24.5 Å². The lowest BCUT2D eigenvalue weighted by Crippen LogP contribution is -2.35. The van der Waals surface area contributed by atoms with Crippen molar-refractivity contribution in [2.45, 2.75) is 32.7 Å². The van der Waals surface area contributed by atoms with Gasteiger partial charge >= 0.3 is 6.03 Å². The van der Waals surface area contributed by atoms with Crippen LogP contribution in [0.25, 0.3) is 0 Å². The Morgan fingerprint density at radius 1 is 1.37 bits per heavy atom. The average Bonchev–Trinajstić information content (AvgIpc) is 2.33. The van der Waals surface area contributed by atoms with Crippen LogP contribution in [-0.2, 0) is 6.42 Å². The second-order valence-electron chi connectivity index (χ2n) is 4.88. The summed E-state index contributed by atoms with van der Waals surface area (Å²) in [5, 5.41) is 6.00. The molecule has 0 fully saturated rings. The minimum atomic E-state index is -0.468. The van der Waals surface area contributed by atoms with Gasteiger partial charge in [-0.15, -0.1) is 0 Å². The Balaban J connectivity index is 2.22. The van der Waals surface area contributed by atoms with E-state index < -0.39 is 6.03 Å². The fraction of sp³-hybridized carbons (Fsp3) is 0.500. The molecule has 1 rings (SSSR count). The van der Waals surface area contributed by atoms with Crippen LogP contribution < -0.4 is 22.1 Å². The quantitative estimate of drug-likeness (QED) is 0.557. The van der Waals surface area contributed by atoms with Crippen molar-refractivity contribution in [3.8, 4) is 0 Å². The maximum Gasteiger partial charge on any atom is 0.312 e. The highest BCUT2D eigenvalue weighted by Crippen LogP contribution is 2.12. The predicted molar refractivity (Wildman–Crippen MR) is 79.0 cm³/mol. The Morgan fingerprint density at radius 3 is 2.74 bits per heavy atom. The molecule has 2 amide bonds. The highest BCUT2D eigenvalue weighted by molar-refractivity contribution is 5.71. The third-order valence-electron chi connectivity index (χ3n) is 3.12. The molecule has 0 aliphatic rings. The minimum Gasteiger partial charge on any atom is -0.399 e. The number of rotatable bonds is 7. The SMILES string of the molecule is Cc1cc(CCNC(C)CCNC(N)=O)ccc1N. The Bertz CT molecular complexity index is 420. The number of anilines is 1. The minimum absolute atomic E-state index is 0.349. The molecule has 0 spiro atoms. The molecule has 1 aromatic rings. The summed E-state index contributed by atoms with van der Waals surface area (Å²) >= 11 is 0. The summed E-state index contributed by atoms with van der Waals surface area (Å²) in [7, 11) is 0. The molecule has 19 heavy (non-hydrogen) atoms. The Hall–Kier alpha value is -1.75. The number of amides is 2. The molecule has 0 radical (unpaired) electrons. The van der Waals surface area contributed by atoms with E-state index in [4.69, 9.17) is 11.5 Å². The molecule has 1 unspecified atom stereocenters. The molecule has 0 bridgehead atoms. The number of primary amides is 1. The van der Waals surface area contributed by atoms with Gasteiger partial charge < -0.3 is 22.1 Å². The van der Waals surface area contributed by atoms with Gasteiger partial charge in [0.2, 0.25) is 0 Å². The van der Waals surface area contributed by atoms with E-state index in [-0.39, 0.29) is 0 Å². The fourth-order valence-electron chi connectivity index (χ4n) is 1.87. The predicted octanol–water partition coefficient (Wildman–Crippen LogP) is 1.16. The standard InChI is InChI=1S/C14H24N4O/c1-10-9-12(3-4-13(10)15)6-8-17-11(2)5-7-18-14(16)19/h3-4,9,11,17H,5-8,15H2,1-2H3,(H3,16,18,19). The van der Waals surface area contributed by atoms with Crippen LogP contribution in [-0.4, -0.2) is 25.2 Å². The van der Waals surface area contributed by atoms with E-state index in [1.165, 1.54) is 5.56 Å². The van der Waals surface area contributed by atoms with E-state index >= 15 is 0 Å². The molecule has 0 saturated heterocycles. The molecule has 6 N–H and O–H groups in total. The second kappa shape index (κ2) is 7.63. The number of hydrogen-bond donors (Lipinski definition) is 4. The van der Waals surface area contributed by atoms with Crippen molar-refractivity contribution >= 4 is 11.7 Å². The first-order chi connectivity index (χ1) is 8.99. The number of hydrogen-bond acceptors (Lipinski definition) is 3. The van der Waals surface area contributed by atoms with Gasteiger partial charge in [0.05, 0.1) is 0 Å². The number of urea groups is 1. The second-order valence-corrected chi connectivity index (χ2v) is 4.88. The van der Waals surface area contributed by atoms with Gasteiger partial charge in [0.25, 0.3) is 0 Å². The van der Waals surface area contributed by atoms with Crippen molar-refractivity contribution in [1.82, 2.24) is 10.6 Å². The van der Waals surface area contributed by atoms with Gasteiger partial charge in [-0.05, 0) is 50.4 Å². The number of aryl methyl sites for hydroxylation is 1. The van der Waals surface area contributed by atoms with E-state index in [0.29, 0.717) is 12.6 Å². The third-order valence-corrected chi connectivity index (χ3v) is 3.12. The summed E-state index contributed by atoms with van der Waals surface area (Å²) in [4.78, 5) is 10.5.